The van der Waals surface area contributed by atoms with Crippen LogP contribution in [-0.2, 0) is 12.8 Å². The number of rotatable bonds is 0. The number of pyridine rings is 3. The molecule has 0 radical (unpaired) electrons. The fourth-order valence-electron chi connectivity index (χ4n) is 6.56. The van der Waals surface area contributed by atoms with Gasteiger partial charge in [-0.15, -0.1) is 0 Å². The van der Waals surface area contributed by atoms with Gasteiger partial charge in [0.1, 0.15) is 5.65 Å². The predicted octanol–water partition coefficient (Wildman–Crippen LogP) is 6.73. The van der Waals surface area contributed by atoms with Crippen molar-refractivity contribution in [3.05, 3.63) is 108 Å². The summed E-state index contributed by atoms with van der Waals surface area (Å²) in [6, 6.07) is 24.2. The number of fused-ring (bicyclic) bond motifs is 16. The Balaban J connectivity index is 1.42. The Labute approximate surface area is 200 Å². The first kappa shape index (κ1) is 17.8. The average Bonchev–Trinajstić information content (AvgIpc) is 3.59. The van der Waals surface area contributed by atoms with Crippen LogP contribution in [0.5, 0.6) is 0 Å². The molecule has 7 aromatic rings. The van der Waals surface area contributed by atoms with E-state index in [-0.39, 0.29) is 0 Å². The van der Waals surface area contributed by atoms with Crippen molar-refractivity contribution >= 4 is 38.5 Å². The van der Waals surface area contributed by atoms with Crippen molar-refractivity contribution in [2.45, 2.75) is 12.8 Å². The highest BCUT2D eigenvalue weighted by molar-refractivity contribution is 6.12. The predicted molar refractivity (Wildman–Crippen MR) is 140 cm³/mol. The van der Waals surface area contributed by atoms with E-state index in [1.165, 1.54) is 50.0 Å². The summed E-state index contributed by atoms with van der Waals surface area (Å²) in [5.74, 6) is 0. The van der Waals surface area contributed by atoms with E-state index in [4.69, 9.17) is 9.97 Å². The summed E-state index contributed by atoms with van der Waals surface area (Å²) in [4.78, 5) is 14.3. The molecule has 0 amide bonds. The van der Waals surface area contributed by atoms with Crippen molar-refractivity contribution in [2.75, 3.05) is 0 Å². The molecule has 2 aliphatic rings. The second-order valence-corrected chi connectivity index (χ2v) is 9.66. The third kappa shape index (κ3) is 2.11. The van der Waals surface area contributed by atoms with Crippen LogP contribution in [0.3, 0.4) is 0 Å². The Morgan fingerprint density at radius 1 is 0.686 bits per heavy atom. The number of benzene rings is 3. The van der Waals surface area contributed by atoms with Gasteiger partial charge in [-0.25, -0.2) is 4.98 Å². The van der Waals surface area contributed by atoms with Crippen LogP contribution in [0.2, 0.25) is 0 Å². The number of imidazole rings is 1. The number of hydrogen-bond donors (Lipinski definition) is 0. The van der Waals surface area contributed by atoms with Gasteiger partial charge in [-0.3, -0.25) is 14.4 Å². The minimum absolute atomic E-state index is 0.928. The minimum Gasteiger partial charge on any atom is -0.291 e. The van der Waals surface area contributed by atoms with Gasteiger partial charge in [-0.05, 0) is 75.2 Å². The summed E-state index contributed by atoms with van der Waals surface area (Å²) in [5.41, 5.74) is 16.5. The maximum absolute atomic E-state index is 5.14. The Kier molecular flexibility index (Phi) is 3.11. The molecule has 0 saturated carbocycles. The summed E-state index contributed by atoms with van der Waals surface area (Å²) in [7, 11) is 0. The van der Waals surface area contributed by atoms with E-state index in [2.05, 4.69) is 70.0 Å². The molecule has 4 aromatic heterocycles. The van der Waals surface area contributed by atoms with E-state index in [1.807, 2.05) is 24.7 Å². The largest absolute Gasteiger partial charge is 0.291 e. The SMILES string of the molecule is c1ccc2c(c1)Cc1c-2ccc2c1-c1ccc3nc4c5cccnc5c5cnccc5n4c3c1C2. The number of aromatic nitrogens is 4. The second-order valence-electron chi connectivity index (χ2n) is 9.66. The normalized spacial score (nSPS) is 13.5. The Morgan fingerprint density at radius 2 is 1.60 bits per heavy atom. The molecule has 0 spiro atoms. The maximum Gasteiger partial charge on any atom is 0.147 e. The smallest absolute Gasteiger partial charge is 0.147 e. The molecule has 0 N–H and O–H groups in total. The molecule has 162 valence electrons. The van der Waals surface area contributed by atoms with Crippen molar-refractivity contribution in [2.24, 2.45) is 0 Å². The molecule has 0 aliphatic heterocycles. The van der Waals surface area contributed by atoms with Gasteiger partial charge in [-0.1, -0.05) is 42.5 Å². The van der Waals surface area contributed by atoms with E-state index in [1.54, 1.807) is 0 Å². The topological polar surface area (TPSA) is 43.1 Å². The van der Waals surface area contributed by atoms with Gasteiger partial charge in [-0.2, -0.15) is 0 Å². The molecule has 3 aromatic carbocycles. The minimum atomic E-state index is 0.928. The van der Waals surface area contributed by atoms with Gasteiger partial charge in [0.15, 0.2) is 0 Å². The van der Waals surface area contributed by atoms with E-state index < -0.39 is 0 Å². The lowest BCUT2D eigenvalue weighted by atomic mass is 9.95. The van der Waals surface area contributed by atoms with E-state index >= 15 is 0 Å². The summed E-state index contributed by atoms with van der Waals surface area (Å²) >= 11 is 0. The molecule has 4 heterocycles. The van der Waals surface area contributed by atoms with Crippen LogP contribution in [0.15, 0.2) is 85.3 Å². The first-order chi connectivity index (χ1) is 17.4. The van der Waals surface area contributed by atoms with Crippen LogP contribution in [0.4, 0.5) is 0 Å². The second kappa shape index (κ2) is 6.10. The Hall–Kier alpha value is -4.57. The van der Waals surface area contributed by atoms with Gasteiger partial charge < -0.3 is 0 Å². The molecule has 4 heteroatoms. The first-order valence-corrected chi connectivity index (χ1v) is 12.0. The molecule has 2 aliphatic carbocycles. The van der Waals surface area contributed by atoms with Crippen LogP contribution >= 0.6 is 0 Å². The van der Waals surface area contributed by atoms with Crippen LogP contribution in [-0.4, -0.2) is 19.4 Å². The summed E-state index contributed by atoms with van der Waals surface area (Å²) in [6.45, 7) is 0. The monoisotopic (exact) mass is 446 g/mol. The fourth-order valence-corrected chi connectivity index (χ4v) is 6.56. The number of hydrogen-bond acceptors (Lipinski definition) is 3. The van der Waals surface area contributed by atoms with Crippen molar-refractivity contribution < 1.29 is 0 Å². The van der Waals surface area contributed by atoms with Gasteiger partial charge in [0, 0.05) is 35.8 Å². The summed E-state index contributed by atoms with van der Waals surface area (Å²) in [5, 5.41) is 2.11. The standard InChI is InChI=1S/C31H18N4/c1-2-5-19-17(4-1)14-23-20(19)8-7-18-15-24-21(28(18)23)9-10-26-30(24)35-27-11-13-32-16-25(27)29-22(31(35)34-26)6-3-12-33-29/h1-13,16H,14-15H2. The van der Waals surface area contributed by atoms with E-state index in [9.17, 15) is 0 Å². The molecule has 0 bridgehead atoms. The lowest BCUT2D eigenvalue weighted by Gasteiger charge is -2.10. The highest BCUT2D eigenvalue weighted by atomic mass is 15.0. The lowest BCUT2D eigenvalue weighted by molar-refractivity contribution is 1.22. The van der Waals surface area contributed by atoms with Crippen LogP contribution < -0.4 is 0 Å². The zero-order valence-electron chi connectivity index (χ0n) is 18.8. The molecule has 9 rings (SSSR count). The first-order valence-electron chi connectivity index (χ1n) is 12.0. The molecule has 0 saturated heterocycles. The van der Waals surface area contributed by atoms with Crippen LogP contribution in [0.1, 0.15) is 22.3 Å². The van der Waals surface area contributed by atoms with Gasteiger partial charge >= 0.3 is 0 Å². The highest BCUT2D eigenvalue weighted by Gasteiger charge is 2.30. The third-order valence-corrected chi connectivity index (χ3v) is 7.98. The molecule has 0 fully saturated rings. The average molecular weight is 447 g/mol. The number of nitrogens with zero attached hydrogens (tertiary/aromatic N) is 4. The van der Waals surface area contributed by atoms with E-state index in [0.29, 0.717) is 0 Å². The van der Waals surface area contributed by atoms with Crippen LogP contribution in [0.25, 0.3) is 60.7 Å². The van der Waals surface area contributed by atoms with Crippen LogP contribution in [0, 0.1) is 0 Å². The van der Waals surface area contributed by atoms with Crippen molar-refractivity contribution in [3.8, 4) is 22.3 Å². The molecule has 35 heavy (non-hydrogen) atoms. The quantitative estimate of drug-likeness (QED) is 0.243. The zero-order valence-corrected chi connectivity index (χ0v) is 18.8. The van der Waals surface area contributed by atoms with Gasteiger partial charge in [0.25, 0.3) is 0 Å². The molecule has 0 atom stereocenters. The summed E-state index contributed by atoms with van der Waals surface area (Å²) < 4.78 is 2.34. The zero-order chi connectivity index (χ0) is 22.7. The Bertz CT molecular complexity index is 2070. The summed E-state index contributed by atoms with van der Waals surface area (Å²) in [6.07, 6.45) is 7.57. The maximum atomic E-state index is 5.14. The van der Waals surface area contributed by atoms with Gasteiger partial charge in [0.05, 0.1) is 22.1 Å². The molecule has 0 unspecified atom stereocenters. The fraction of sp³-hybridized carbons (Fsp3) is 0.0645. The third-order valence-electron chi connectivity index (χ3n) is 7.98. The molecular weight excluding hydrogens is 428 g/mol. The van der Waals surface area contributed by atoms with Crippen molar-refractivity contribution in [3.63, 3.8) is 0 Å². The van der Waals surface area contributed by atoms with Gasteiger partial charge in [0.2, 0.25) is 0 Å². The van der Waals surface area contributed by atoms with Crippen molar-refractivity contribution in [1.82, 2.24) is 19.4 Å². The molecule has 4 nitrogen and oxygen atoms in total. The highest BCUT2D eigenvalue weighted by Crippen LogP contribution is 2.49. The molecular formula is C31H18N4. The van der Waals surface area contributed by atoms with E-state index in [0.717, 1.165) is 45.8 Å². The Morgan fingerprint density at radius 3 is 2.60 bits per heavy atom. The lowest BCUT2D eigenvalue weighted by Crippen LogP contribution is -1.95. The van der Waals surface area contributed by atoms with Crippen molar-refractivity contribution in [1.29, 1.82) is 0 Å².